The molecular weight excluding hydrogens is 406 g/mol. The number of anilines is 1. The molecule has 1 unspecified atom stereocenters. The number of ketones is 1. The molecule has 0 saturated heterocycles. The maximum atomic E-state index is 12.5. The Morgan fingerprint density at radius 1 is 0.871 bits per heavy atom. The van der Waals surface area contributed by atoms with Crippen molar-refractivity contribution >= 4 is 29.1 Å². The van der Waals surface area contributed by atoms with Crippen LogP contribution in [-0.2, 0) is 9.53 Å². The van der Waals surface area contributed by atoms with Crippen molar-refractivity contribution in [2.75, 3.05) is 17.7 Å². The topological polar surface area (TPSA) is 55.4 Å². The Kier molecular flexibility index (Phi) is 8.44. The molecule has 4 nitrogen and oxygen atoms in total. The minimum Gasteiger partial charge on any atom is -0.368 e. The van der Waals surface area contributed by atoms with E-state index in [1.807, 2.05) is 43.3 Å². The Hall–Kier alpha value is -2.89. The van der Waals surface area contributed by atoms with E-state index in [1.54, 1.807) is 36.0 Å². The normalized spacial score (nSPS) is 11.8. The fraction of sp³-hybridized carbons (Fsp3) is 0.231. The Morgan fingerprint density at radius 3 is 1.94 bits per heavy atom. The number of nitrogens with one attached hydrogen (secondary N) is 1. The van der Waals surface area contributed by atoms with Crippen molar-refractivity contribution in [2.45, 2.75) is 25.2 Å². The van der Waals surface area contributed by atoms with Crippen LogP contribution in [0.15, 0.2) is 84.9 Å². The maximum absolute atomic E-state index is 12.5. The van der Waals surface area contributed by atoms with Crippen LogP contribution in [0.25, 0.3) is 0 Å². The van der Waals surface area contributed by atoms with E-state index in [0.717, 1.165) is 11.1 Å². The second-order valence-corrected chi connectivity index (χ2v) is 8.66. The third-order valence-corrected chi connectivity index (χ3v) is 5.98. The summed E-state index contributed by atoms with van der Waals surface area (Å²) in [5.41, 5.74) is 3.54. The van der Waals surface area contributed by atoms with Gasteiger partial charge in [-0.25, -0.2) is 0 Å². The summed E-state index contributed by atoms with van der Waals surface area (Å²) in [6, 6.07) is 27.2. The van der Waals surface area contributed by atoms with Gasteiger partial charge in [0.05, 0.1) is 11.9 Å². The highest BCUT2D eigenvalue weighted by Crippen LogP contribution is 2.26. The van der Waals surface area contributed by atoms with E-state index in [4.69, 9.17) is 4.74 Å². The minimum atomic E-state index is -0.219. The first kappa shape index (κ1) is 22.8. The molecule has 0 spiro atoms. The predicted octanol–water partition coefficient (Wildman–Crippen LogP) is 5.76. The zero-order valence-corrected chi connectivity index (χ0v) is 18.6. The number of hydrogen-bond donors (Lipinski definition) is 1. The molecule has 1 atom stereocenters. The molecule has 160 valence electrons. The number of benzene rings is 3. The highest BCUT2D eigenvalue weighted by Gasteiger charge is 2.16. The second kappa shape index (κ2) is 11.5. The quantitative estimate of drug-likeness (QED) is 0.326. The molecule has 0 bridgehead atoms. The highest BCUT2D eigenvalue weighted by molar-refractivity contribution is 8.00. The Balaban J connectivity index is 1.50. The van der Waals surface area contributed by atoms with Gasteiger partial charge < -0.3 is 10.1 Å². The summed E-state index contributed by atoms with van der Waals surface area (Å²) in [7, 11) is 0. The average molecular weight is 434 g/mol. The SMILES string of the molecule is CC(=O)c1ccc(NC(=O)C(C)SCCOC(c2ccccc2)c2ccccc2)cc1. The number of rotatable bonds is 10. The van der Waals surface area contributed by atoms with E-state index in [-0.39, 0.29) is 23.0 Å². The van der Waals surface area contributed by atoms with Crippen LogP contribution in [0.3, 0.4) is 0 Å². The molecule has 5 heteroatoms. The van der Waals surface area contributed by atoms with E-state index < -0.39 is 0 Å². The van der Waals surface area contributed by atoms with E-state index in [9.17, 15) is 9.59 Å². The summed E-state index contributed by atoms with van der Waals surface area (Å²) in [5, 5.41) is 2.68. The fourth-order valence-corrected chi connectivity index (χ4v) is 3.90. The molecule has 3 aromatic rings. The van der Waals surface area contributed by atoms with Gasteiger partial charge in [0.25, 0.3) is 0 Å². The maximum Gasteiger partial charge on any atom is 0.237 e. The van der Waals surface area contributed by atoms with Crippen molar-refractivity contribution in [2.24, 2.45) is 0 Å². The minimum absolute atomic E-state index is 0.00566. The molecule has 0 aliphatic rings. The van der Waals surface area contributed by atoms with Crippen molar-refractivity contribution in [3.05, 3.63) is 102 Å². The second-order valence-electron chi connectivity index (χ2n) is 7.21. The lowest BCUT2D eigenvalue weighted by Gasteiger charge is -2.19. The number of Topliss-reactive ketones (excluding diaryl/α,β-unsaturated/α-hetero) is 1. The molecule has 0 aliphatic carbocycles. The molecular formula is C26H27NO3S. The van der Waals surface area contributed by atoms with Crippen LogP contribution in [0.5, 0.6) is 0 Å². The number of hydrogen-bond acceptors (Lipinski definition) is 4. The van der Waals surface area contributed by atoms with Crippen LogP contribution in [0.4, 0.5) is 5.69 Å². The van der Waals surface area contributed by atoms with Crippen LogP contribution in [0.2, 0.25) is 0 Å². The van der Waals surface area contributed by atoms with Crippen LogP contribution >= 0.6 is 11.8 Å². The number of carbonyl (C=O) groups is 2. The third-order valence-electron chi connectivity index (χ3n) is 4.87. The van der Waals surface area contributed by atoms with E-state index in [0.29, 0.717) is 23.6 Å². The van der Waals surface area contributed by atoms with Crippen molar-refractivity contribution in [1.82, 2.24) is 0 Å². The largest absolute Gasteiger partial charge is 0.368 e. The molecule has 0 heterocycles. The molecule has 0 radical (unpaired) electrons. The zero-order valence-electron chi connectivity index (χ0n) is 17.8. The summed E-state index contributed by atoms with van der Waals surface area (Å²) in [6.45, 7) is 3.94. The van der Waals surface area contributed by atoms with Crippen molar-refractivity contribution in [1.29, 1.82) is 0 Å². The van der Waals surface area contributed by atoms with Gasteiger partial charge in [0, 0.05) is 17.0 Å². The van der Waals surface area contributed by atoms with Gasteiger partial charge in [-0.05, 0) is 49.2 Å². The van der Waals surface area contributed by atoms with E-state index >= 15 is 0 Å². The summed E-state index contributed by atoms with van der Waals surface area (Å²) < 4.78 is 6.21. The number of carbonyl (C=O) groups excluding carboxylic acids is 2. The average Bonchev–Trinajstić information content (AvgIpc) is 2.80. The lowest BCUT2D eigenvalue weighted by atomic mass is 10.0. The number of thioether (sulfide) groups is 1. The Bertz CT molecular complexity index is 935. The first-order valence-corrected chi connectivity index (χ1v) is 11.3. The monoisotopic (exact) mass is 433 g/mol. The van der Waals surface area contributed by atoms with E-state index in [1.165, 1.54) is 6.92 Å². The molecule has 3 rings (SSSR count). The van der Waals surface area contributed by atoms with Gasteiger partial charge in [-0.2, -0.15) is 0 Å². The van der Waals surface area contributed by atoms with Gasteiger partial charge in [0.2, 0.25) is 5.91 Å². The standard InChI is InChI=1S/C26H27NO3S/c1-19(28)21-13-15-24(16-14-21)27-26(29)20(2)31-18-17-30-25(22-9-5-3-6-10-22)23-11-7-4-8-12-23/h3-16,20,25H,17-18H2,1-2H3,(H,27,29). The molecule has 0 aromatic heterocycles. The van der Waals surface area contributed by atoms with Gasteiger partial charge in [0.1, 0.15) is 6.10 Å². The van der Waals surface area contributed by atoms with Crippen LogP contribution < -0.4 is 5.32 Å². The molecule has 1 N–H and O–H groups in total. The summed E-state index contributed by atoms with van der Waals surface area (Å²) >= 11 is 1.55. The van der Waals surface area contributed by atoms with Crippen molar-refractivity contribution in [3.63, 3.8) is 0 Å². The van der Waals surface area contributed by atoms with Crippen molar-refractivity contribution in [3.8, 4) is 0 Å². The van der Waals surface area contributed by atoms with Crippen molar-refractivity contribution < 1.29 is 14.3 Å². The number of ether oxygens (including phenoxy) is 1. The smallest absolute Gasteiger partial charge is 0.237 e. The van der Waals surface area contributed by atoms with Gasteiger partial charge in [-0.3, -0.25) is 9.59 Å². The summed E-state index contributed by atoms with van der Waals surface area (Å²) in [4.78, 5) is 23.8. The Labute approximate surface area is 188 Å². The van der Waals surface area contributed by atoms with Crippen LogP contribution in [0, 0.1) is 0 Å². The molecule has 0 aliphatic heterocycles. The van der Waals surface area contributed by atoms with Gasteiger partial charge >= 0.3 is 0 Å². The summed E-state index contributed by atoms with van der Waals surface area (Å²) in [5.74, 6) is 0.642. The molecule has 1 amide bonds. The van der Waals surface area contributed by atoms with E-state index in [2.05, 4.69) is 29.6 Å². The zero-order chi connectivity index (χ0) is 22.1. The van der Waals surface area contributed by atoms with Gasteiger partial charge in [-0.15, -0.1) is 11.8 Å². The Morgan fingerprint density at radius 2 is 1.42 bits per heavy atom. The summed E-state index contributed by atoms with van der Waals surface area (Å²) in [6.07, 6.45) is -0.132. The van der Waals surface area contributed by atoms with Gasteiger partial charge in [-0.1, -0.05) is 60.7 Å². The van der Waals surface area contributed by atoms with Crippen LogP contribution in [0.1, 0.15) is 41.4 Å². The first-order chi connectivity index (χ1) is 15.0. The molecule has 0 fully saturated rings. The fourth-order valence-electron chi connectivity index (χ4n) is 3.14. The molecule has 0 saturated carbocycles. The van der Waals surface area contributed by atoms with Gasteiger partial charge in [0.15, 0.2) is 5.78 Å². The lowest BCUT2D eigenvalue weighted by Crippen LogP contribution is -2.23. The predicted molar refractivity (Wildman–Crippen MR) is 128 cm³/mol. The first-order valence-electron chi connectivity index (χ1n) is 10.3. The highest BCUT2D eigenvalue weighted by atomic mass is 32.2. The molecule has 31 heavy (non-hydrogen) atoms. The van der Waals surface area contributed by atoms with Crippen LogP contribution in [-0.4, -0.2) is 29.3 Å². The third kappa shape index (κ3) is 6.81. The molecule has 3 aromatic carbocycles. The number of amides is 1. The lowest BCUT2D eigenvalue weighted by molar-refractivity contribution is -0.115.